The minimum atomic E-state index is -0.256. The summed E-state index contributed by atoms with van der Waals surface area (Å²) in [4.78, 5) is 40.0. The number of anilines is 2. The van der Waals surface area contributed by atoms with Gasteiger partial charge in [0.05, 0.1) is 30.4 Å². The predicted octanol–water partition coefficient (Wildman–Crippen LogP) is 0.560. The Morgan fingerprint density at radius 2 is 1.97 bits per heavy atom. The molecule has 0 unspecified atom stereocenters. The van der Waals surface area contributed by atoms with Crippen molar-refractivity contribution in [1.29, 1.82) is 0 Å². The molecule has 3 aromatic rings. The molecule has 1 aromatic carbocycles. The van der Waals surface area contributed by atoms with Gasteiger partial charge in [-0.2, -0.15) is 0 Å². The molecule has 0 atom stereocenters. The van der Waals surface area contributed by atoms with Gasteiger partial charge in [-0.15, -0.1) is 0 Å². The Labute approximate surface area is 179 Å². The van der Waals surface area contributed by atoms with E-state index in [1.807, 2.05) is 19.1 Å². The molecule has 10 nitrogen and oxygen atoms in total. The fourth-order valence-corrected chi connectivity index (χ4v) is 3.42. The number of benzene rings is 1. The number of aromatic nitrogens is 4. The van der Waals surface area contributed by atoms with Crippen molar-refractivity contribution in [2.45, 2.75) is 13.5 Å². The first-order valence-corrected chi connectivity index (χ1v) is 10.2. The highest BCUT2D eigenvalue weighted by molar-refractivity contribution is 5.78. The average Bonchev–Trinajstić information content (AvgIpc) is 2.79. The lowest BCUT2D eigenvalue weighted by Gasteiger charge is -2.28. The number of aryl methyl sites for hydroxylation is 1. The summed E-state index contributed by atoms with van der Waals surface area (Å²) in [6.45, 7) is 5.64. The van der Waals surface area contributed by atoms with E-state index in [9.17, 15) is 9.59 Å². The van der Waals surface area contributed by atoms with Crippen molar-refractivity contribution in [3.05, 3.63) is 52.8 Å². The summed E-state index contributed by atoms with van der Waals surface area (Å²) < 4.78 is 6.70. The Kier molecular flexibility index (Phi) is 6.37. The van der Waals surface area contributed by atoms with Gasteiger partial charge < -0.3 is 20.3 Å². The number of carbonyl (C=O) groups is 1. The van der Waals surface area contributed by atoms with E-state index in [1.165, 1.54) is 10.9 Å². The molecule has 0 saturated carbocycles. The number of hydrogen-bond donors (Lipinski definition) is 2. The van der Waals surface area contributed by atoms with E-state index >= 15 is 0 Å². The van der Waals surface area contributed by atoms with Crippen LogP contribution >= 0.6 is 0 Å². The highest BCUT2D eigenvalue weighted by atomic mass is 16.5. The van der Waals surface area contributed by atoms with Crippen LogP contribution in [-0.2, 0) is 16.1 Å². The molecule has 1 saturated heterocycles. The van der Waals surface area contributed by atoms with Crippen LogP contribution in [0.15, 0.2) is 41.5 Å². The Morgan fingerprint density at radius 3 is 2.81 bits per heavy atom. The zero-order valence-electron chi connectivity index (χ0n) is 17.4. The van der Waals surface area contributed by atoms with E-state index in [-0.39, 0.29) is 18.0 Å². The van der Waals surface area contributed by atoms with Gasteiger partial charge in [-0.25, -0.2) is 15.0 Å². The van der Waals surface area contributed by atoms with Gasteiger partial charge in [0.2, 0.25) is 5.91 Å². The van der Waals surface area contributed by atoms with E-state index in [0.717, 1.165) is 18.9 Å². The highest BCUT2D eigenvalue weighted by Gasteiger charge is 2.14. The average molecular weight is 423 g/mol. The normalized spacial score (nSPS) is 13.9. The molecule has 1 aliphatic heterocycles. The SMILES string of the molecule is Cc1nc(NCCNC(=O)Cn2cnc3ccccc3c2=O)cc(N2CCOCC2)n1. The molecule has 1 amide bonds. The Bertz CT molecular complexity index is 1130. The summed E-state index contributed by atoms with van der Waals surface area (Å²) >= 11 is 0. The molecule has 0 aliphatic carbocycles. The van der Waals surface area contributed by atoms with Crippen molar-refractivity contribution in [2.75, 3.05) is 49.6 Å². The van der Waals surface area contributed by atoms with Crippen molar-refractivity contribution >= 4 is 28.4 Å². The smallest absolute Gasteiger partial charge is 0.261 e. The summed E-state index contributed by atoms with van der Waals surface area (Å²) in [7, 11) is 0. The molecule has 3 heterocycles. The topological polar surface area (TPSA) is 114 Å². The van der Waals surface area contributed by atoms with Gasteiger partial charge in [0.25, 0.3) is 5.56 Å². The fourth-order valence-electron chi connectivity index (χ4n) is 3.42. The number of para-hydroxylation sites is 1. The number of nitrogens with one attached hydrogen (secondary N) is 2. The lowest BCUT2D eigenvalue weighted by Crippen LogP contribution is -2.37. The van der Waals surface area contributed by atoms with Crippen LogP contribution in [0, 0.1) is 6.92 Å². The third-order valence-electron chi connectivity index (χ3n) is 4.96. The van der Waals surface area contributed by atoms with Crippen LogP contribution < -0.4 is 21.1 Å². The van der Waals surface area contributed by atoms with Gasteiger partial charge >= 0.3 is 0 Å². The largest absolute Gasteiger partial charge is 0.378 e. The van der Waals surface area contributed by atoms with Crippen molar-refractivity contribution in [2.24, 2.45) is 0 Å². The molecule has 2 N–H and O–H groups in total. The van der Waals surface area contributed by atoms with Crippen LogP contribution in [0.2, 0.25) is 0 Å². The number of carbonyl (C=O) groups excluding carboxylic acids is 1. The van der Waals surface area contributed by atoms with Gasteiger partial charge in [0.1, 0.15) is 24.0 Å². The first-order valence-electron chi connectivity index (χ1n) is 10.2. The van der Waals surface area contributed by atoms with Crippen LogP contribution in [0.1, 0.15) is 5.82 Å². The van der Waals surface area contributed by atoms with Gasteiger partial charge in [-0.3, -0.25) is 14.2 Å². The van der Waals surface area contributed by atoms with E-state index in [1.54, 1.807) is 18.2 Å². The van der Waals surface area contributed by atoms with Crippen LogP contribution in [-0.4, -0.2) is 64.8 Å². The number of ether oxygens (including phenoxy) is 1. The minimum Gasteiger partial charge on any atom is -0.378 e. The maximum Gasteiger partial charge on any atom is 0.261 e. The lowest BCUT2D eigenvalue weighted by atomic mass is 10.2. The maximum atomic E-state index is 12.5. The highest BCUT2D eigenvalue weighted by Crippen LogP contribution is 2.16. The second kappa shape index (κ2) is 9.52. The van der Waals surface area contributed by atoms with Crippen molar-refractivity contribution < 1.29 is 9.53 Å². The first kappa shape index (κ1) is 20.7. The van der Waals surface area contributed by atoms with E-state index in [2.05, 4.69) is 30.5 Å². The molecule has 0 bridgehead atoms. The standard InChI is InChI=1S/C21H25N7O3/c1-15-25-18(12-19(26-15)27-8-10-31-11-9-27)22-6-7-23-20(29)13-28-14-24-17-5-3-2-4-16(17)21(28)30/h2-5,12,14H,6-11,13H2,1H3,(H,23,29)(H,22,25,26). The number of morpholine rings is 1. The Morgan fingerprint density at radius 1 is 1.16 bits per heavy atom. The first-order chi connectivity index (χ1) is 15.1. The second-order valence-corrected chi connectivity index (χ2v) is 7.23. The number of rotatable bonds is 7. The number of fused-ring (bicyclic) bond motifs is 1. The van der Waals surface area contributed by atoms with Crippen molar-refractivity contribution in [3.63, 3.8) is 0 Å². The molecular weight excluding hydrogens is 398 g/mol. The van der Waals surface area contributed by atoms with Crippen LogP contribution in [0.5, 0.6) is 0 Å². The Balaban J connectivity index is 1.29. The summed E-state index contributed by atoms with van der Waals surface area (Å²) in [6.07, 6.45) is 1.40. The van der Waals surface area contributed by atoms with Crippen molar-refractivity contribution in [1.82, 2.24) is 24.8 Å². The molecule has 1 fully saturated rings. The van der Waals surface area contributed by atoms with E-state index < -0.39 is 0 Å². The quantitative estimate of drug-likeness (QED) is 0.530. The molecule has 162 valence electrons. The zero-order chi connectivity index (χ0) is 21.6. The van der Waals surface area contributed by atoms with Crippen molar-refractivity contribution in [3.8, 4) is 0 Å². The van der Waals surface area contributed by atoms with E-state index in [0.29, 0.717) is 48.8 Å². The van der Waals surface area contributed by atoms with Crippen LogP contribution in [0.25, 0.3) is 10.9 Å². The zero-order valence-corrected chi connectivity index (χ0v) is 17.4. The monoisotopic (exact) mass is 423 g/mol. The Hall–Kier alpha value is -3.53. The molecule has 0 spiro atoms. The lowest BCUT2D eigenvalue weighted by molar-refractivity contribution is -0.121. The molecular formula is C21H25N7O3. The van der Waals surface area contributed by atoms with Gasteiger partial charge in [-0.05, 0) is 19.1 Å². The van der Waals surface area contributed by atoms with Crippen LogP contribution in [0.3, 0.4) is 0 Å². The summed E-state index contributed by atoms with van der Waals surface area (Å²) in [5.41, 5.74) is 0.385. The second-order valence-electron chi connectivity index (χ2n) is 7.23. The third-order valence-corrected chi connectivity index (χ3v) is 4.96. The summed E-state index contributed by atoms with van der Waals surface area (Å²) in [6, 6.07) is 8.98. The maximum absolute atomic E-state index is 12.5. The number of nitrogens with zero attached hydrogens (tertiary/aromatic N) is 5. The predicted molar refractivity (Wildman–Crippen MR) is 117 cm³/mol. The minimum absolute atomic E-state index is 0.0789. The van der Waals surface area contributed by atoms with E-state index in [4.69, 9.17) is 4.74 Å². The molecule has 4 rings (SSSR count). The van der Waals surface area contributed by atoms with Gasteiger partial charge in [0.15, 0.2) is 0 Å². The molecule has 1 aliphatic rings. The third kappa shape index (κ3) is 5.15. The molecule has 2 aromatic heterocycles. The summed E-state index contributed by atoms with van der Waals surface area (Å²) in [5, 5.41) is 6.52. The molecule has 0 radical (unpaired) electrons. The summed E-state index contributed by atoms with van der Waals surface area (Å²) in [5.74, 6) is 2.00. The van der Waals surface area contributed by atoms with Gasteiger partial charge in [0, 0.05) is 32.2 Å². The van der Waals surface area contributed by atoms with Gasteiger partial charge in [-0.1, -0.05) is 12.1 Å². The number of amides is 1. The van der Waals surface area contributed by atoms with Crippen LogP contribution in [0.4, 0.5) is 11.6 Å². The number of hydrogen-bond acceptors (Lipinski definition) is 8. The fraction of sp³-hybridized carbons (Fsp3) is 0.381. The molecule has 10 heteroatoms. The molecule has 31 heavy (non-hydrogen) atoms.